The topological polar surface area (TPSA) is 142 Å². The maximum absolute atomic E-state index is 13.6. The number of methoxy groups -OCH3 is 1. The molecule has 0 fully saturated rings. The highest BCUT2D eigenvalue weighted by Crippen LogP contribution is 2.21. The van der Waals surface area contributed by atoms with E-state index < -0.39 is 47.3 Å². The third-order valence-corrected chi connectivity index (χ3v) is 7.01. The Balaban J connectivity index is 1.87. The average molecular weight is 634 g/mol. The predicted molar refractivity (Wildman–Crippen MR) is 176 cm³/mol. The predicted octanol–water partition coefficient (Wildman–Crippen LogP) is 4.85. The molecule has 3 amide bonds. The lowest BCUT2D eigenvalue weighted by atomic mass is 9.85. The van der Waals surface area contributed by atoms with Crippen LogP contribution in [-0.4, -0.2) is 70.6 Å². The van der Waals surface area contributed by atoms with Crippen molar-refractivity contribution in [3.63, 3.8) is 0 Å². The fourth-order valence-corrected chi connectivity index (χ4v) is 4.74. The van der Waals surface area contributed by atoms with Gasteiger partial charge in [-0.3, -0.25) is 15.2 Å². The first-order chi connectivity index (χ1) is 21.6. The van der Waals surface area contributed by atoms with Crippen LogP contribution in [0.25, 0.3) is 11.3 Å². The summed E-state index contributed by atoms with van der Waals surface area (Å²) in [6.07, 6.45) is -0.537. The zero-order chi connectivity index (χ0) is 33.9. The quantitative estimate of drug-likeness (QED) is 0.208. The van der Waals surface area contributed by atoms with Crippen LogP contribution >= 0.6 is 0 Å². The summed E-state index contributed by atoms with van der Waals surface area (Å²) in [4.78, 5) is 42.9. The molecule has 46 heavy (non-hydrogen) atoms. The number of pyridine rings is 1. The van der Waals surface area contributed by atoms with Crippen molar-refractivity contribution in [2.75, 3.05) is 13.7 Å². The molecular weight excluding hydrogens is 586 g/mol. The van der Waals surface area contributed by atoms with Crippen molar-refractivity contribution in [1.82, 2.24) is 26.1 Å². The number of benzene rings is 2. The number of aliphatic hydroxyl groups excluding tert-OH is 1. The first-order valence-corrected chi connectivity index (χ1v) is 15.3. The summed E-state index contributed by atoms with van der Waals surface area (Å²) in [5.74, 6) is -0.477. The van der Waals surface area contributed by atoms with Crippen molar-refractivity contribution >= 4 is 18.1 Å². The van der Waals surface area contributed by atoms with Crippen LogP contribution in [0.3, 0.4) is 0 Å². The van der Waals surface area contributed by atoms with Gasteiger partial charge in [0.25, 0.3) is 0 Å². The Morgan fingerprint density at radius 1 is 0.848 bits per heavy atom. The standard InChI is InChI=1S/C35H47N5O6/c1-34(2,3)30(38-32(43)45-7)31(42)37-28(21-24-13-9-8-10-14-24)29(41)23-40(39-33(44)46-35(4,5)6)22-25-16-18-26(19-17-25)27-15-11-12-20-36-27/h8-20,28-30,41H,21-23H2,1-7H3,(H,37,42)(H,38,43)(H,39,44). The Bertz CT molecular complexity index is 1410. The van der Waals surface area contributed by atoms with E-state index in [1.165, 1.54) is 7.11 Å². The first-order valence-electron chi connectivity index (χ1n) is 15.3. The molecule has 0 saturated heterocycles. The van der Waals surface area contributed by atoms with Gasteiger partial charge in [0.05, 0.1) is 24.9 Å². The highest BCUT2D eigenvalue weighted by Gasteiger charge is 2.36. The van der Waals surface area contributed by atoms with E-state index in [9.17, 15) is 19.5 Å². The summed E-state index contributed by atoms with van der Waals surface area (Å²) in [7, 11) is 1.23. The van der Waals surface area contributed by atoms with Gasteiger partial charge in [-0.25, -0.2) is 14.6 Å². The molecule has 0 bridgehead atoms. The van der Waals surface area contributed by atoms with Crippen molar-refractivity contribution in [2.24, 2.45) is 5.41 Å². The fraction of sp³-hybridized carbons (Fsp3) is 0.429. The minimum absolute atomic E-state index is 0.0520. The molecule has 1 aromatic heterocycles. The molecule has 0 spiro atoms. The number of amides is 3. The molecule has 3 rings (SSSR count). The van der Waals surface area contributed by atoms with Crippen LogP contribution in [0, 0.1) is 5.41 Å². The van der Waals surface area contributed by atoms with Gasteiger partial charge in [-0.2, -0.15) is 0 Å². The molecule has 3 unspecified atom stereocenters. The van der Waals surface area contributed by atoms with E-state index in [0.29, 0.717) is 6.42 Å². The SMILES string of the molecule is COC(=O)NC(C(=O)NC(Cc1ccccc1)C(O)CN(Cc1ccc(-c2ccccn2)cc1)NC(=O)OC(C)(C)C)C(C)(C)C. The molecule has 11 heteroatoms. The van der Waals surface area contributed by atoms with E-state index in [0.717, 1.165) is 22.4 Å². The number of ether oxygens (including phenoxy) is 2. The lowest BCUT2D eigenvalue weighted by molar-refractivity contribution is -0.127. The average Bonchev–Trinajstić information content (AvgIpc) is 2.99. The summed E-state index contributed by atoms with van der Waals surface area (Å²) in [6, 6.07) is 21.2. The summed E-state index contributed by atoms with van der Waals surface area (Å²) in [5.41, 5.74) is 4.89. The number of nitrogens with one attached hydrogen (secondary N) is 3. The fourth-order valence-electron chi connectivity index (χ4n) is 4.74. The molecule has 2 aromatic carbocycles. The number of hydrogen-bond donors (Lipinski definition) is 4. The normalized spacial score (nSPS) is 13.7. The largest absolute Gasteiger partial charge is 0.453 e. The monoisotopic (exact) mass is 633 g/mol. The molecule has 0 aliphatic carbocycles. The van der Waals surface area contributed by atoms with E-state index in [4.69, 9.17) is 9.47 Å². The smallest absolute Gasteiger partial charge is 0.422 e. The first kappa shape index (κ1) is 36.0. The second-order valence-electron chi connectivity index (χ2n) is 13.2. The van der Waals surface area contributed by atoms with Crippen LogP contribution in [0.1, 0.15) is 52.7 Å². The Morgan fingerprint density at radius 2 is 1.50 bits per heavy atom. The number of aliphatic hydroxyl groups is 1. The van der Waals surface area contributed by atoms with Gasteiger partial charge in [-0.1, -0.05) is 81.4 Å². The van der Waals surface area contributed by atoms with Crippen LogP contribution < -0.4 is 16.1 Å². The van der Waals surface area contributed by atoms with E-state index in [1.807, 2.05) is 93.6 Å². The number of hydrazine groups is 1. The number of rotatable bonds is 12. The Morgan fingerprint density at radius 3 is 2.07 bits per heavy atom. The van der Waals surface area contributed by atoms with Crippen LogP contribution in [0.5, 0.6) is 0 Å². The van der Waals surface area contributed by atoms with Gasteiger partial charge in [0.2, 0.25) is 5.91 Å². The number of carbonyl (C=O) groups excluding carboxylic acids is 3. The van der Waals surface area contributed by atoms with Crippen molar-refractivity contribution in [2.45, 2.75) is 78.3 Å². The van der Waals surface area contributed by atoms with Gasteiger partial charge in [0, 0.05) is 24.8 Å². The van der Waals surface area contributed by atoms with Gasteiger partial charge in [0.15, 0.2) is 0 Å². The van der Waals surface area contributed by atoms with E-state index >= 15 is 0 Å². The van der Waals surface area contributed by atoms with E-state index in [2.05, 4.69) is 21.0 Å². The molecular formula is C35H47N5O6. The number of carbonyl (C=O) groups is 3. The highest BCUT2D eigenvalue weighted by atomic mass is 16.6. The van der Waals surface area contributed by atoms with Gasteiger partial charge < -0.3 is 25.2 Å². The Hall–Kier alpha value is -4.48. The second-order valence-corrected chi connectivity index (χ2v) is 13.2. The number of alkyl carbamates (subject to hydrolysis) is 1. The maximum Gasteiger partial charge on any atom is 0.422 e. The lowest BCUT2D eigenvalue weighted by Crippen LogP contribution is -2.59. The van der Waals surface area contributed by atoms with E-state index in [1.54, 1.807) is 32.0 Å². The second kappa shape index (κ2) is 16.2. The van der Waals surface area contributed by atoms with Crippen molar-refractivity contribution in [1.29, 1.82) is 0 Å². The molecule has 3 aromatic rings. The summed E-state index contributed by atoms with van der Waals surface area (Å²) in [6.45, 7) is 10.9. The van der Waals surface area contributed by atoms with Gasteiger partial charge in [-0.15, -0.1) is 0 Å². The van der Waals surface area contributed by atoms with Crippen LogP contribution in [-0.2, 0) is 27.2 Å². The minimum atomic E-state index is -1.15. The van der Waals surface area contributed by atoms with Crippen molar-refractivity contribution in [3.8, 4) is 11.3 Å². The third kappa shape index (κ3) is 11.8. The molecule has 0 radical (unpaired) electrons. The third-order valence-electron chi connectivity index (χ3n) is 7.01. The highest BCUT2D eigenvalue weighted by molar-refractivity contribution is 5.86. The molecule has 1 heterocycles. The van der Waals surface area contributed by atoms with Crippen LogP contribution in [0.2, 0.25) is 0 Å². The Kier molecular flexibility index (Phi) is 12.7. The number of aromatic nitrogens is 1. The molecule has 248 valence electrons. The van der Waals surface area contributed by atoms with Gasteiger partial charge in [-0.05, 0) is 55.9 Å². The van der Waals surface area contributed by atoms with Crippen molar-refractivity contribution < 1.29 is 29.0 Å². The molecule has 3 atom stereocenters. The zero-order valence-corrected chi connectivity index (χ0v) is 27.7. The Labute approximate surface area is 271 Å². The number of nitrogens with zero attached hydrogens (tertiary/aromatic N) is 2. The summed E-state index contributed by atoms with van der Waals surface area (Å²) >= 11 is 0. The van der Waals surface area contributed by atoms with Crippen LogP contribution in [0.15, 0.2) is 79.0 Å². The maximum atomic E-state index is 13.6. The number of hydrogen-bond acceptors (Lipinski definition) is 8. The molecule has 4 N–H and O–H groups in total. The molecule has 11 nitrogen and oxygen atoms in total. The summed E-state index contributed by atoms with van der Waals surface area (Å²) < 4.78 is 10.2. The van der Waals surface area contributed by atoms with Gasteiger partial charge in [0.1, 0.15) is 11.6 Å². The van der Waals surface area contributed by atoms with Crippen molar-refractivity contribution in [3.05, 3.63) is 90.1 Å². The van der Waals surface area contributed by atoms with Gasteiger partial charge >= 0.3 is 12.2 Å². The zero-order valence-electron chi connectivity index (χ0n) is 27.7. The lowest BCUT2D eigenvalue weighted by Gasteiger charge is -2.34. The molecule has 0 saturated carbocycles. The van der Waals surface area contributed by atoms with Crippen LogP contribution in [0.4, 0.5) is 9.59 Å². The molecule has 0 aliphatic heterocycles. The minimum Gasteiger partial charge on any atom is -0.453 e. The van der Waals surface area contributed by atoms with E-state index in [-0.39, 0.29) is 13.1 Å². The summed E-state index contributed by atoms with van der Waals surface area (Å²) in [5, 5.41) is 18.8. The molecule has 0 aliphatic rings.